The minimum Gasteiger partial charge on any atom is -0.265 e. The van der Waals surface area contributed by atoms with Gasteiger partial charge in [-0.25, -0.2) is 0 Å². The van der Waals surface area contributed by atoms with Gasteiger partial charge in [-0.15, -0.1) is 0 Å². The molecule has 0 saturated carbocycles. The van der Waals surface area contributed by atoms with Gasteiger partial charge in [0.25, 0.3) is 0 Å². The number of aromatic nitrogens is 1. The second kappa shape index (κ2) is 6.54. The first kappa shape index (κ1) is 16.2. The Kier molecular flexibility index (Phi) is 4.24. The molecule has 0 saturated heterocycles. The predicted molar refractivity (Wildman–Crippen MR) is 110 cm³/mol. The van der Waals surface area contributed by atoms with E-state index in [0.717, 1.165) is 21.0 Å². The highest BCUT2D eigenvalue weighted by Gasteiger charge is 2.36. The van der Waals surface area contributed by atoms with E-state index in [4.69, 9.17) is 17.2 Å². The van der Waals surface area contributed by atoms with Crippen LogP contribution in [0.25, 0.3) is 11.1 Å². The fraction of sp³-hybridized carbons (Fsp3) is 0.0952. The third kappa shape index (κ3) is 3.15. The lowest BCUT2D eigenvalue weighted by Crippen LogP contribution is -2.11. The van der Waals surface area contributed by atoms with E-state index in [2.05, 4.69) is 60.4 Å². The minimum atomic E-state index is -0.384. The van der Waals surface area contributed by atoms with Crippen LogP contribution >= 0.6 is 24.0 Å². The quantitative estimate of drug-likeness (QED) is 0.578. The van der Waals surface area contributed by atoms with E-state index in [-0.39, 0.29) is 4.87 Å². The Bertz CT molecular complexity index is 935. The molecule has 1 aliphatic rings. The van der Waals surface area contributed by atoms with Crippen molar-refractivity contribution >= 4 is 33.9 Å². The van der Waals surface area contributed by atoms with Crippen LogP contribution in [0.15, 0.2) is 84.1 Å². The summed E-state index contributed by atoms with van der Waals surface area (Å²) in [6.45, 7) is 2.12. The lowest BCUT2D eigenvalue weighted by atomic mass is 10.0. The Morgan fingerprint density at radius 3 is 2.12 bits per heavy atom. The number of hydrogen-bond donors (Lipinski definition) is 0. The number of aliphatic imine (C=N–C) groups is 1. The average molecular weight is 361 g/mol. The lowest BCUT2D eigenvalue weighted by Gasteiger charge is -2.20. The third-order valence-corrected chi connectivity index (χ3v) is 5.84. The van der Waals surface area contributed by atoms with Gasteiger partial charge in [0.1, 0.15) is 4.87 Å². The maximum Gasteiger partial charge on any atom is 0.134 e. The van der Waals surface area contributed by atoms with E-state index in [1.54, 1.807) is 24.2 Å². The molecular weight excluding hydrogens is 344 g/mol. The molecule has 2 aromatic carbocycles. The first-order valence-corrected chi connectivity index (χ1v) is 9.28. The van der Waals surface area contributed by atoms with Crippen LogP contribution in [0.3, 0.4) is 0 Å². The van der Waals surface area contributed by atoms with Crippen molar-refractivity contribution < 1.29 is 0 Å². The first-order chi connectivity index (χ1) is 12.2. The summed E-state index contributed by atoms with van der Waals surface area (Å²) in [7, 11) is 0. The van der Waals surface area contributed by atoms with E-state index in [9.17, 15) is 0 Å². The highest BCUT2D eigenvalue weighted by molar-refractivity contribution is 8.26. The van der Waals surface area contributed by atoms with Crippen LogP contribution in [0.4, 0.5) is 0 Å². The number of rotatable bonds is 3. The molecule has 4 heteroatoms. The van der Waals surface area contributed by atoms with Gasteiger partial charge in [-0.3, -0.25) is 9.98 Å². The molecule has 0 radical (unpaired) electrons. The van der Waals surface area contributed by atoms with Gasteiger partial charge in [-0.2, -0.15) is 0 Å². The smallest absolute Gasteiger partial charge is 0.134 e. The fourth-order valence-electron chi connectivity index (χ4n) is 2.93. The highest BCUT2D eigenvalue weighted by atomic mass is 32.2. The van der Waals surface area contributed by atoms with Crippen molar-refractivity contribution in [1.82, 2.24) is 4.98 Å². The summed E-state index contributed by atoms with van der Waals surface area (Å²) < 4.78 is 0.834. The largest absolute Gasteiger partial charge is 0.265 e. The van der Waals surface area contributed by atoms with Gasteiger partial charge in [0, 0.05) is 18.0 Å². The van der Waals surface area contributed by atoms with Gasteiger partial charge in [-0.05, 0) is 35.7 Å². The lowest BCUT2D eigenvalue weighted by molar-refractivity contribution is 0.752. The Morgan fingerprint density at radius 2 is 1.44 bits per heavy atom. The van der Waals surface area contributed by atoms with Crippen molar-refractivity contribution in [3.05, 3.63) is 90.3 Å². The van der Waals surface area contributed by atoms with E-state index in [0.29, 0.717) is 0 Å². The SMILES string of the molecule is CC1(c2ccc(-c3ccccc3)cc2)N=C(c2ccncc2)C(=S)S1. The molecule has 4 rings (SSSR count). The zero-order valence-electron chi connectivity index (χ0n) is 13.7. The van der Waals surface area contributed by atoms with E-state index < -0.39 is 0 Å². The van der Waals surface area contributed by atoms with Gasteiger partial charge in [0.05, 0.1) is 9.91 Å². The molecule has 1 aliphatic heterocycles. The molecule has 1 aromatic heterocycles. The van der Waals surface area contributed by atoms with Gasteiger partial charge >= 0.3 is 0 Å². The Labute approximate surface area is 157 Å². The Balaban J connectivity index is 1.67. The van der Waals surface area contributed by atoms with Crippen molar-refractivity contribution in [3.63, 3.8) is 0 Å². The summed E-state index contributed by atoms with van der Waals surface area (Å²) in [5, 5.41) is 0. The van der Waals surface area contributed by atoms with Crippen molar-refractivity contribution in [3.8, 4) is 11.1 Å². The van der Waals surface area contributed by atoms with Crippen LogP contribution in [-0.2, 0) is 4.87 Å². The predicted octanol–water partition coefficient (Wildman–Crippen LogP) is 5.48. The van der Waals surface area contributed by atoms with Crippen molar-refractivity contribution in [1.29, 1.82) is 0 Å². The molecule has 1 unspecified atom stereocenters. The van der Waals surface area contributed by atoms with Crippen molar-refractivity contribution in [2.75, 3.05) is 0 Å². The molecule has 1 atom stereocenters. The van der Waals surface area contributed by atoms with Crippen molar-refractivity contribution in [2.45, 2.75) is 11.8 Å². The molecule has 2 nitrogen and oxygen atoms in total. The fourth-order valence-corrected chi connectivity index (χ4v) is 4.59. The first-order valence-electron chi connectivity index (χ1n) is 8.05. The number of thioether (sulfide) groups is 1. The van der Waals surface area contributed by atoms with Crippen LogP contribution in [0.1, 0.15) is 18.1 Å². The second-order valence-electron chi connectivity index (χ2n) is 6.01. The van der Waals surface area contributed by atoms with E-state index >= 15 is 0 Å². The monoisotopic (exact) mass is 360 g/mol. The van der Waals surface area contributed by atoms with Gasteiger partial charge < -0.3 is 0 Å². The molecule has 0 fully saturated rings. The van der Waals surface area contributed by atoms with E-state index in [1.165, 1.54) is 11.1 Å². The third-order valence-electron chi connectivity index (χ3n) is 4.29. The normalized spacial score (nSPS) is 19.7. The van der Waals surface area contributed by atoms with Gasteiger partial charge in [0.15, 0.2) is 0 Å². The van der Waals surface area contributed by atoms with E-state index in [1.807, 2.05) is 18.2 Å². The molecule has 25 heavy (non-hydrogen) atoms. The minimum absolute atomic E-state index is 0.384. The number of hydrogen-bond acceptors (Lipinski definition) is 4. The van der Waals surface area contributed by atoms with Crippen LogP contribution in [0.5, 0.6) is 0 Å². The summed E-state index contributed by atoms with van der Waals surface area (Å²) in [5.41, 5.74) is 5.49. The number of benzene rings is 2. The van der Waals surface area contributed by atoms with Crippen LogP contribution < -0.4 is 0 Å². The molecule has 0 N–H and O–H groups in total. The number of thiocarbonyl (C=S) groups is 1. The summed E-state index contributed by atoms with van der Waals surface area (Å²) in [5.74, 6) is 0. The van der Waals surface area contributed by atoms with Crippen LogP contribution in [-0.4, -0.2) is 14.9 Å². The molecule has 0 amide bonds. The number of nitrogens with zero attached hydrogens (tertiary/aromatic N) is 2. The molecule has 0 spiro atoms. The Hall–Kier alpha value is -2.30. The number of pyridine rings is 1. The molecule has 3 aromatic rings. The van der Waals surface area contributed by atoms with Gasteiger partial charge in [0.2, 0.25) is 0 Å². The second-order valence-corrected chi connectivity index (χ2v) is 8.09. The summed E-state index contributed by atoms with van der Waals surface area (Å²) in [4.78, 5) is 8.64. The molecule has 122 valence electrons. The molecule has 2 heterocycles. The highest BCUT2D eigenvalue weighted by Crippen LogP contribution is 2.45. The van der Waals surface area contributed by atoms with Gasteiger partial charge in [-0.1, -0.05) is 78.6 Å². The maximum atomic E-state index is 5.59. The zero-order valence-corrected chi connectivity index (χ0v) is 15.3. The molecule has 0 bridgehead atoms. The summed E-state index contributed by atoms with van der Waals surface area (Å²) >= 11 is 7.22. The summed E-state index contributed by atoms with van der Waals surface area (Å²) in [6.07, 6.45) is 3.55. The standard InChI is InChI=1S/C21H16N2S2/c1-21(23-19(20(24)25-21)17-11-13-22-14-12-17)18-9-7-16(8-10-18)15-5-3-2-4-6-15/h2-14H,1H3. The maximum absolute atomic E-state index is 5.59. The average Bonchev–Trinajstić information content (AvgIpc) is 2.99. The zero-order chi connectivity index (χ0) is 17.3. The molecule has 0 aliphatic carbocycles. The summed E-state index contributed by atoms with van der Waals surface area (Å²) in [6, 6.07) is 22.9. The van der Waals surface area contributed by atoms with Crippen molar-refractivity contribution in [2.24, 2.45) is 4.99 Å². The topological polar surface area (TPSA) is 25.2 Å². The van der Waals surface area contributed by atoms with Crippen LogP contribution in [0, 0.1) is 0 Å². The molecular formula is C21H16N2S2. The Morgan fingerprint density at radius 1 is 0.800 bits per heavy atom. The van der Waals surface area contributed by atoms with Crippen LogP contribution in [0.2, 0.25) is 0 Å².